The van der Waals surface area contributed by atoms with Crippen LogP contribution in [0.1, 0.15) is 30.5 Å². The van der Waals surface area contributed by atoms with Gasteiger partial charge < -0.3 is 5.32 Å². The molecule has 3 heterocycles. The van der Waals surface area contributed by atoms with Crippen molar-refractivity contribution in [1.29, 1.82) is 0 Å². The lowest BCUT2D eigenvalue weighted by Crippen LogP contribution is -2.45. The first-order chi connectivity index (χ1) is 11.4. The first-order valence-corrected chi connectivity index (χ1v) is 10.4. The maximum absolute atomic E-state index is 12.3. The van der Waals surface area contributed by atoms with E-state index < -0.39 is 9.84 Å². The van der Waals surface area contributed by atoms with Gasteiger partial charge in [0.25, 0.3) is 0 Å². The fraction of sp³-hybridized carbons (Fsp3) is 0.647. The van der Waals surface area contributed by atoms with Gasteiger partial charge in [0, 0.05) is 18.2 Å². The predicted octanol–water partition coefficient (Wildman–Crippen LogP) is 0.905. The van der Waals surface area contributed by atoms with Crippen molar-refractivity contribution in [3.8, 4) is 0 Å². The molecule has 0 radical (unpaired) electrons. The van der Waals surface area contributed by atoms with Gasteiger partial charge in [-0.15, -0.1) is 0 Å². The second-order valence-electron chi connectivity index (χ2n) is 6.91. The van der Waals surface area contributed by atoms with Gasteiger partial charge in [0.15, 0.2) is 9.84 Å². The lowest BCUT2D eigenvalue weighted by atomic mass is 9.94. The second kappa shape index (κ2) is 7.19. The number of carbonyl (C=O) groups excluding carboxylic acids is 1. The van der Waals surface area contributed by atoms with E-state index in [9.17, 15) is 13.2 Å². The van der Waals surface area contributed by atoms with Crippen LogP contribution in [-0.2, 0) is 21.2 Å². The van der Waals surface area contributed by atoms with Gasteiger partial charge in [-0.1, -0.05) is 0 Å². The number of likely N-dealkylation sites (tertiary alicyclic amines) is 1. The van der Waals surface area contributed by atoms with Crippen LogP contribution in [0, 0.1) is 12.8 Å². The van der Waals surface area contributed by atoms with Crippen molar-refractivity contribution in [2.24, 2.45) is 5.92 Å². The highest BCUT2D eigenvalue weighted by Gasteiger charge is 2.35. The zero-order chi connectivity index (χ0) is 17.2. The summed E-state index contributed by atoms with van der Waals surface area (Å²) in [6.45, 7) is 4.08. The topological polar surface area (TPSA) is 79.4 Å². The van der Waals surface area contributed by atoms with E-state index in [0.717, 1.165) is 43.6 Å². The van der Waals surface area contributed by atoms with Crippen molar-refractivity contribution in [3.05, 3.63) is 29.6 Å². The fourth-order valence-electron chi connectivity index (χ4n) is 3.61. The Kier molecular flexibility index (Phi) is 5.20. The molecule has 2 aliphatic heterocycles. The number of aromatic nitrogens is 1. The molecule has 2 saturated heterocycles. The van der Waals surface area contributed by atoms with Gasteiger partial charge in [-0.2, -0.15) is 0 Å². The highest BCUT2D eigenvalue weighted by molar-refractivity contribution is 7.91. The van der Waals surface area contributed by atoms with E-state index in [2.05, 4.69) is 15.2 Å². The number of hydrogen-bond acceptors (Lipinski definition) is 5. The maximum Gasteiger partial charge on any atom is 0.223 e. The summed E-state index contributed by atoms with van der Waals surface area (Å²) >= 11 is 0. The molecular weight excluding hydrogens is 326 g/mol. The lowest BCUT2D eigenvalue weighted by molar-refractivity contribution is -0.126. The molecule has 0 spiro atoms. The average molecular weight is 351 g/mol. The molecule has 0 bridgehead atoms. The summed E-state index contributed by atoms with van der Waals surface area (Å²) in [7, 11) is -2.85. The van der Waals surface area contributed by atoms with Gasteiger partial charge in [-0.25, -0.2) is 8.42 Å². The largest absolute Gasteiger partial charge is 0.350 e. The number of rotatable bonds is 4. The van der Waals surface area contributed by atoms with Gasteiger partial charge in [-0.3, -0.25) is 14.7 Å². The summed E-state index contributed by atoms with van der Waals surface area (Å²) in [4.78, 5) is 18.8. The molecule has 2 aliphatic rings. The molecule has 1 aromatic heterocycles. The van der Waals surface area contributed by atoms with Crippen molar-refractivity contribution in [2.45, 2.75) is 38.8 Å². The molecule has 1 atom stereocenters. The van der Waals surface area contributed by atoms with E-state index in [4.69, 9.17) is 0 Å². The van der Waals surface area contributed by atoms with Crippen LogP contribution in [0.15, 0.2) is 18.3 Å². The van der Waals surface area contributed by atoms with Crippen molar-refractivity contribution < 1.29 is 13.2 Å². The zero-order valence-corrected chi connectivity index (χ0v) is 14.9. The van der Waals surface area contributed by atoms with Gasteiger partial charge in [0.05, 0.1) is 23.7 Å². The van der Waals surface area contributed by atoms with E-state index in [1.165, 1.54) is 0 Å². The van der Waals surface area contributed by atoms with Crippen LogP contribution in [-0.4, -0.2) is 54.8 Å². The molecule has 0 saturated carbocycles. The summed E-state index contributed by atoms with van der Waals surface area (Å²) in [6, 6.07) is 4.06. The third-order valence-corrected chi connectivity index (χ3v) is 6.79. The maximum atomic E-state index is 12.3. The Hall–Kier alpha value is -1.47. The third-order valence-electron chi connectivity index (χ3n) is 5.04. The van der Waals surface area contributed by atoms with Crippen LogP contribution >= 0.6 is 0 Å². The van der Waals surface area contributed by atoms with Gasteiger partial charge in [-0.05, 0) is 57.0 Å². The number of hydrogen-bond donors (Lipinski definition) is 1. The highest BCUT2D eigenvalue weighted by Crippen LogP contribution is 2.24. The Morgan fingerprint density at radius 1 is 1.33 bits per heavy atom. The molecule has 24 heavy (non-hydrogen) atoms. The minimum Gasteiger partial charge on any atom is -0.350 e. The number of pyridine rings is 1. The summed E-state index contributed by atoms with van der Waals surface area (Å²) in [5, 5.41) is 2.98. The zero-order valence-electron chi connectivity index (χ0n) is 14.1. The smallest absolute Gasteiger partial charge is 0.223 e. The van der Waals surface area contributed by atoms with Crippen LogP contribution in [0.5, 0.6) is 0 Å². The normalized spacial score (nSPS) is 24.8. The second-order valence-corrected chi connectivity index (χ2v) is 9.14. The molecule has 1 N–H and O–H groups in total. The van der Waals surface area contributed by atoms with Crippen molar-refractivity contribution in [3.63, 3.8) is 0 Å². The predicted molar refractivity (Wildman–Crippen MR) is 92.2 cm³/mol. The summed E-state index contributed by atoms with van der Waals surface area (Å²) in [6.07, 6.45) is 4.08. The van der Waals surface area contributed by atoms with E-state index in [0.29, 0.717) is 12.3 Å². The molecule has 132 valence electrons. The summed E-state index contributed by atoms with van der Waals surface area (Å²) < 4.78 is 23.2. The molecule has 1 amide bonds. The number of carbonyl (C=O) groups is 1. The average Bonchev–Trinajstić information content (AvgIpc) is 2.93. The number of aryl methyl sites for hydroxylation is 1. The molecule has 1 unspecified atom stereocenters. The number of amides is 1. The van der Waals surface area contributed by atoms with Gasteiger partial charge in [0.2, 0.25) is 5.91 Å². The van der Waals surface area contributed by atoms with E-state index in [-0.39, 0.29) is 23.6 Å². The van der Waals surface area contributed by atoms with Gasteiger partial charge >= 0.3 is 0 Å². The standard InChI is InChI=1S/C17H25N3O3S/c1-13-2-6-18-15(10-13)11-19-17(21)14-3-7-20(8-4-14)16-5-9-24(22,23)12-16/h2,6,10,14,16H,3-5,7-9,11-12H2,1H3,(H,19,21). The lowest BCUT2D eigenvalue weighted by Gasteiger charge is -2.34. The van der Waals surface area contributed by atoms with Crippen LogP contribution < -0.4 is 5.32 Å². The molecule has 0 aliphatic carbocycles. The molecule has 2 fully saturated rings. The van der Waals surface area contributed by atoms with E-state index >= 15 is 0 Å². The summed E-state index contributed by atoms with van der Waals surface area (Å²) in [5.41, 5.74) is 2.01. The fourth-order valence-corrected chi connectivity index (χ4v) is 5.37. The number of nitrogens with one attached hydrogen (secondary N) is 1. The van der Waals surface area contributed by atoms with E-state index in [1.54, 1.807) is 6.20 Å². The molecule has 7 heteroatoms. The summed E-state index contributed by atoms with van der Waals surface area (Å²) in [5.74, 6) is 0.686. The van der Waals surface area contributed by atoms with Crippen molar-refractivity contribution >= 4 is 15.7 Å². The number of nitrogens with zero attached hydrogens (tertiary/aromatic N) is 2. The van der Waals surface area contributed by atoms with Crippen LogP contribution in [0.4, 0.5) is 0 Å². The van der Waals surface area contributed by atoms with Gasteiger partial charge in [0.1, 0.15) is 0 Å². The molecule has 0 aromatic carbocycles. The Labute approximate surface area is 143 Å². The third kappa shape index (κ3) is 4.33. The Bertz CT molecular complexity index is 697. The van der Waals surface area contributed by atoms with Crippen LogP contribution in [0.25, 0.3) is 0 Å². The minimum absolute atomic E-state index is 0.0177. The molecule has 3 rings (SSSR count). The van der Waals surface area contributed by atoms with Crippen molar-refractivity contribution in [1.82, 2.24) is 15.2 Å². The Morgan fingerprint density at radius 3 is 2.71 bits per heavy atom. The first-order valence-electron chi connectivity index (χ1n) is 8.57. The molecule has 6 nitrogen and oxygen atoms in total. The number of sulfone groups is 1. The number of piperidine rings is 1. The van der Waals surface area contributed by atoms with Crippen LogP contribution in [0.3, 0.4) is 0 Å². The molecule has 1 aromatic rings. The first kappa shape index (κ1) is 17.4. The van der Waals surface area contributed by atoms with E-state index in [1.807, 2.05) is 19.1 Å². The Morgan fingerprint density at radius 2 is 2.08 bits per heavy atom. The quantitative estimate of drug-likeness (QED) is 0.872. The van der Waals surface area contributed by atoms with Crippen molar-refractivity contribution in [2.75, 3.05) is 24.6 Å². The molecular formula is C17H25N3O3S. The minimum atomic E-state index is -2.85. The highest BCUT2D eigenvalue weighted by atomic mass is 32.2. The monoisotopic (exact) mass is 351 g/mol. The Balaban J connectivity index is 1.45. The SMILES string of the molecule is Cc1ccnc(CNC(=O)C2CCN(C3CCS(=O)(=O)C3)CC2)c1. The van der Waals surface area contributed by atoms with Crippen LogP contribution in [0.2, 0.25) is 0 Å².